The second-order valence-corrected chi connectivity index (χ2v) is 10.8. The fourth-order valence-electron chi connectivity index (χ4n) is 3.36. The molecular formula is C22H26N2O4S. The lowest BCUT2D eigenvalue weighted by atomic mass is 10.0. The zero-order chi connectivity index (χ0) is 21.4. The molecule has 1 aliphatic rings. The predicted molar refractivity (Wildman–Crippen MR) is 114 cm³/mol. The quantitative estimate of drug-likeness (QED) is 0.826. The first kappa shape index (κ1) is 21.0. The number of carbonyl (C=O) groups is 2. The molecule has 2 aromatic carbocycles. The Balaban J connectivity index is 1.88. The number of amides is 2. The van der Waals surface area contributed by atoms with E-state index in [1.807, 2.05) is 24.3 Å². The normalized spacial score (nSPS) is 17.6. The maximum atomic E-state index is 13.0. The van der Waals surface area contributed by atoms with E-state index in [9.17, 15) is 18.0 Å². The van der Waals surface area contributed by atoms with Crippen molar-refractivity contribution in [2.24, 2.45) is 0 Å². The van der Waals surface area contributed by atoms with Gasteiger partial charge in [0, 0.05) is 12.1 Å². The van der Waals surface area contributed by atoms with Crippen LogP contribution in [-0.4, -0.2) is 31.5 Å². The monoisotopic (exact) mass is 414 g/mol. The lowest BCUT2D eigenvalue weighted by Gasteiger charge is -2.22. The molecule has 0 aliphatic carbocycles. The van der Waals surface area contributed by atoms with Crippen molar-refractivity contribution in [3.8, 4) is 0 Å². The van der Waals surface area contributed by atoms with Gasteiger partial charge in [-0.3, -0.25) is 9.59 Å². The van der Waals surface area contributed by atoms with Crippen LogP contribution >= 0.6 is 0 Å². The Morgan fingerprint density at radius 1 is 1.10 bits per heavy atom. The first-order valence-electron chi connectivity index (χ1n) is 9.57. The van der Waals surface area contributed by atoms with Gasteiger partial charge >= 0.3 is 0 Å². The molecule has 7 heteroatoms. The summed E-state index contributed by atoms with van der Waals surface area (Å²) in [5, 5.41) is 2.79. The molecule has 0 unspecified atom stereocenters. The van der Waals surface area contributed by atoms with Crippen LogP contribution in [0.25, 0.3) is 0 Å². The average molecular weight is 415 g/mol. The van der Waals surface area contributed by atoms with Crippen LogP contribution in [0.4, 0.5) is 11.4 Å². The molecule has 0 saturated carbocycles. The highest BCUT2D eigenvalue weighted by Gasteiger charge is 2.44. The zero-order valence-corrected chi connectivity index (χ0v) is 17.9. The molecule has 0 bridgehead atoms. The highest BCUT2D eigenvalue weighted by atomic mass is 32.2. The number of hydrogen-bond donors (Lipinski definition) is 1. The molecule has 2 aromatic rings. The van der Waals surface area contributed by atoms with Gasteiger partial charge in [-0.15, -0.1) is 0 Å². The topological polar surface area (TPSA) is 83.6 Å². The van der Waals surface area contributed by atoms with Crippen LogP contribution < -0.4 is 10.2 Å². The van der Waals surface area contributed by atoms with Gasteiger partial charge in [-0.1, -0.05) is 38.1 Å². The summed E-state index contributed by atoms with van der Waals surface area (Å²) in [5.74, 6) is -0.396. The number of hydrogen-bond acceptors (Lipinski definition) is 4. The van der Waals surface area contributed by atoms with E-state index in [-0.39, 0.29) is 29.5 Å². The van der Waals surface area contributed by atoms with Gasteiger partial charge in [0.25, 0.3) is 0 Å². The summed E-state index contributed by atoms with van der Waals surface area (Å²) >= 11 is 0. The Bertz CT molecular complexity index is 1040. The molecule has 1 N–H and O–H groups in total. The molecule has 0 fully saturated rings. The summed E-state index contributed by atoms with van der Waals surface area (Å²) in [5.41, 5.74) is 2.03. The van der Waals surface area contributed by atoms with Crippen molar-refractivity contribution in [3.05, 3.63) is 54.1 Å². The van der Waals surface area contributed by atoms with Gasteiger partial charge in [-0.2, -0.15) is 0 Å². The molecule has 1 aliphatic heterocycles. The summed E-state index contributed by atoms with van der Waals surface area (Å²) in [6, 6.07) is 13.9. The number of nitrogens with one attached hydrogen (secondary N) is 1. The van der Waals surface area contributed by atoms with E-state index in [0.717, 1.165) is 5.56 Å². The summed E-state index contributed by atoms with van der Waals surface area (Å²) in [4.78, 5) is 26.8. The maximum absolute atomic E-state index is 13.0. The largest absolute Gasteiger partial charge is 0.325 e. The van der Waals surface area contributed by atoms with Crippen molar-refractivity contribution in [1.82, 2.24) is 0 Å². The SMILES string of the molecule is CC(C)c1ccc(NC(=O)CN2C(=O)CC(C)(C)S(=O)(=O)c3ccccc32)cc1. The molecule has 0 saturated heterocycles. The van der Waals surface area contributed by atoms with Crippen LogP contribution in [0.3, 0.4) is 0 Å². The van der Waals surface area contributed by atoms with E-state index in [4.69, 9.17) is 0 Å². The Kier molecular flexibility index (Phi) is 5.54. The first-order valence-corrected chi connectivity index (χ1v) is 11.0. The summed E-state index contributed by atoms with van der Waals surface area (Å²) < 4.78 is 24.8. The minimum atomic E-state index is -3.72. The van der Waals surface area contributed by atoms with Crippen molar-refractivity contribution in [1.29, 1.82) is 0 Å². The lowest BCUT2D eigenvalue weighted by Crippen LogP contribution is -2.40. The Morgan fingerprint density at radius 3 is 2.34 bits per heavy atom. The second kappa shape index (κ2) is 7.63. The van der Waals surface area contributed by atoms with Gasteiger partial charge in [0.1, 0.15) is 6.54 Å². The lowest BCUT2D eigenvalue weighted by molar-refractivity contribution is -0.121. The minimum absolute atomic E-state index is 0.0740. The van der Waals surface area contributed by atoms with E-state index < -0.39 is 20.5 Å². The number of anilines is 2. The Morgan fingerprint density at radius 2 is 1.72 bits per heavy atom. The molecule has 2 amide bonds. The number of nitrogens with zero attached hydrogens (tertiary/aromatic N) is 1. The predicted octanol–water partition coefficient (Wildman–Crippen LogP) is 3.74. The van der Waals surface area contributed by atoms with Crippen LogP contribution in [-0.2, 0) is 19.4 Å². The fraction of sp³-hybridized carbons (Fsp3) is 0.364. The molecule has 154 valence electrons. The molecule has 0 spiro atoms. The number of benzene rings is 2. The van der Waals surface area contributed by atoms with E-state index in [2.05, 4.69) is 19.2 Å². The molecule has 6 nitrogen and oxygen atoms in total. The third kappa shape index (κ3) is 4.05. The maximum Gasteiger partial charge on any atom is 0.244 e. The Hall–Kier alpha value is -2.67. The van der Waals surface area contributed by atoms with Gasteiger partial charge in [0.05, 0.1) is 15.3 Å². The number of rotatable bonds is 4. The third-order valence-corrected chi connectivity index (χ3v) is 7.74. The van der Waals surface area contributed by atoms with Crippen molar-refractivity contribution < 1.29 is 18.0 Å². The van der Waals surface area contributed by atoms with E-state index in [0.29, 0.717) is 11.6 Å². The van der Waals surface area contributed by atoms with Crippen molar-refractivity contribution in [2.75, 3.05) is 16.8 Å². The standard InChI is InChI=1S/C22H26N2O4S/c1-15(2)16-9-11-17(12-10-16)23-20(25)14-24-18-7-5-6-8-19(18)29(27,28)22(3,4)13-21(24)26/h5-12,15H,13-14H2,1-4H3,(H,23,25). The number of sulfone groups is 1. The molecule has 3 rings (SSSR count). The van der Waals surface area contributed by atoms with Gasteiger partial charge in [-0.05, 0) is 49.6 Å². The first-order chi connectivity index (χ1) is 13.5. The highest BCUT2D eigenvalue weighted by molar-refractivity contribution is 7.93. The Labute approximate surface area is 171 Å². The third-order valence-electron chi connectivity index (χ3n) is 5.21. The smallest absolute Gasteiger partial charge is 0.244 e. The van der Waals surface area contributed by atoms with E-state index in [1.165, 1.54) is 24.8 Å². The van der Waals surface area contributed by atoms with E-state index in [1.54, 1.807) is 18.2 Å². The summed E-state index contributed by atoms with van der Waals surface area (Å²) in [7, 11) is -3.72. The average Bonchev–Trinajstić information content (AvgIpc) is 2.70. The molecular weight excluding hydrogens is 388 g/mol. The van der Waals surface area contributed by atoms with Crippen LogP contribution in [0.2, 0.25) is 0 Å². The highest BCUT2D eigenvalue weighted by Crippen LogP contribution is 2.38. The molecule has 0 radical (unpaired) electrons. The van der Waals surface area contributed by atoms with E-state index >= 15 is 0 Å². The van der Waals surface area contributed by atoms with Crippen LogP contribution in [0, 0.1) is 0 Å². The van der Waals surface area contributed by atoms with Gasteiger partial charge < -0.3 is 10.2 Å². The summed E-state index contributed by atoms with van der Waals surface area (Å²) in [6.07, 6.45) is -0.194. The molecule has 29 heavy (non-hydrogen) atoms. The second-order valence-electron chi connectivity index (χ2n) is 8.21. The molecule has 0 aromatic heterocycles. The number of fused-ring (bicyclic) bond motifs is 1. The fourth-order valence-corrected chi connectivity index (χ4v) is 4.98. The van der Waals surface area contributed by atoms with Gasteiger partial charge in [0.15, 0.2) is 9.84 Å². The number of carbonyl (C=O) groups excluding carboxylic acids is 2. The van der Waals surface area contributed by atoms with Gasteiger partial charge in [-0.25, -0.2) is 8.42 Å². The minimum Gasteiger partial charge on any atom is -0.325 e. The van der Waals surface area contributed by atoms with Crippen LogP contribution in [0.15, 0.2) is 53.4 Å². The number of para-hydroxylation sites is 1. The molecule has 0 atom stereocenters. The molecule has 1 heterocycles. The zero-order valence-electron chi connectivity index (χ0n) is 17.1. The van der Waals surface area contributed by atoms with Crippen molar-refractivity contribution in [2.45, 2.75) is 49.7 Å². The summed E-state index contributed by atoms with van der Waals surface area (Å²) in [6.45, 7) is 7.00. The van der Waals surface area contributed by atoms with Crippen LogP contribution in [0.5, 0.6) is 0 Å². The van der Waals surface area contributed by atoms with Gasteiger partial charge in [0.2, 0.25) is 11.8 Å². The van der Waals surface area contributed by atoms with Crippen LogP contribution in [0.1, 0.15) is 45.6 Å². The van der Waals surface area contributed by atoms with Crippen molar-refractivity contribution in [3.63, 3.8) is 0 Å². The van der Waals surface area contributed by atoms with Crippen molar-refractivity contribution >= 4 is 33.0 Å².